The molecule has 0 aliphatic carbocycles. The number of aryl methyl sites for hydroxylation is 1. The molecule has 1 N–H and O–H groups in total. The Balaban J connectivity index is 1.63. The number of carbonyl (C=O) groups is 1. The lowest BCUT2D eigenvalue weighted by atomic mass is 10.4. The summed E-state index contributed by atoms with van der Waals surface area (Å²) in [7, 11) is 0. The van der Waals surface area contributed by atoms with Crippen LogP contribution in [-0.2, 0) is 11.3 Å². The van der Waals surface area contributed by atoms with E-state index in [1.807, 2.05) is 0 Å². The summed E-state index contributed by atoms with van der Waals surface area (Å²) in [6, 6.07) is 3.39. The fraction of sp³-hybridized carbons (Fsp3) is 0.143. The average Bonchev–Trinajstić information content (AvgIpc) is 3.18. The largest absolute Gasteiger partial charge is 0.309 e. The topological polar surface area (TPSA) is 107 Å². The van der Waals surface area contributed by atoms with E-state index in [0.29, 0.717) is 27.5 Å². The van der Waals surface area contributed by atoms with Crippen LogP contribution in [0.1, 0.15) is 5.69 Å². The molecule has 0 saturated heterocycles. The Labute approximate surface area is 138 Å². The predicted octanol–water partition coefficient (Wildman–Crippen LogP) is 0.843. The van der Waals surface area contributed by atoms with Crippen molar-refractivity contribution in [2.45, 2.75) is 13.5 Å². The molecule has 0 bridgehead atoms. The van der Waals surface area contributed by atoms with Gasteiger partial charge in [0.25, 0.3) is 11.3 Å². The number of anilines is 1. The molecule has 0 aliphatic heterocycles. The van der Waals surface area contributed by atoms with E-state index >= 15 is 0 Å². The summed E-state index contributed by atoms with van der Waals surface area (Å²) in [5, 5.41) is 9.05. The summed E-state index contributed by atoms with van der Waals surface area (Å²) in [6.45, 7) is 1.65. The first kappa shape index (κ1) is 14.5. The van der Waals surface area contributed by atoms with Crippen LogP contribution in [0.4, 0.5) is 5.82 Å². The van der Waals surface area contributed by atoms with E-state index in [1.165, 1.54) is 33.1 Å². The van der Waals surface area contributed by atoms with Crippen LogP contribution in [0.15, 0.2) is 35.0 Å². The average molecular weight is 341 g/mol. The standard InChI is InChI=1S/C14H11N7O2S/c1-8-4-10(21-14(18-8)15-6-17-21)19-11(22)5-20-7-16-12-9(13(20)23)2-3-24-12/h2-4,6-7H,5H2,1H3,(H,19,22). The fourth-order valence-electron chi connectivity index (χ4n) is 2.36. The van der Waals surface area contributed by atoms with Crippen LogP contribution < -0.4 is 10.9 Å². The van der Waals surface area contributed by atoms with Gasteiger partial charge in [0.2, 0.25) is 5.91 Å². The number of aromatic nitrogens is 6. The molecule has 0 unspecified atom stereocenters. The van der Waals surface area contributed by atoms with Crippen LogP contribution in [-0.4, -0.2) is 35.0 Å². The molecule has 9 nitrogen and oxygen atoms in total. The van der Waals surface area contributed by atoms with Crippen LogP contribution in [0.3, 0.4) is 0 Å². The minimum Gasteiger partial charge on any atom is -0.309 e. The maximum Gasteiger partial charge on any atom is 0.262 e. The number of hydrogen-bond donors (Lipinski definition) is 1. The van der Waals surface area contributed by atoms with Gasteiger partial charge in [-0.15, -0.1) is 11.3 Å². The molecule has 24 heavy (non-hydrogen) atoms. The summed E-state index contributed by atoms with van der Waals surface area (Å²) < 4.78 is 2.70. The molecule has 4 heterocycles. The Morgan fingerprint density at radius 1 is 1.38 bits per heavy atom. The van der Waals surface area contributed by atoms with Crippen molar-refractivity contribution in [2.75, 3.05) is 5.32 Å². The van der Waals surface area contributed by atoms with Crippen molar-refractivity contribution in [3.63, 3.8) is 0 Å². The monoisotopic (exact) mass is 341 g/mol. The van der Waals surface area contributed by atoms with Gasteiger partial charge in [-0.3, -0.25) is 14.2 Å². The zero-order valence-electron chi connectivity index (χ0n) is 12.5. The Morgan fingerprint density at radius 3 is 3.12 bits per heavy atom. The van der Waals surface area contributed by atoms with Gasteiger partial charge < -0.3 is 5.32 Å². The van der Waals surface area contributed by atoms with E-state index in [-0.39, 0.29) is 18.0 Å². The quantitative estimate of drug-likeness (QED) is 0.592. The number of fused-ring (bicyclic) bond motifs is 2. The Hall–Kier alpha value is -3.14. The van der Waals surface area contributed by atoms with Crippen LogP contribution in [0, 0.1) is 6.92 Å². The fourth-order valence-corrected chi connectivity index (χ4v) is 3.09. The second-order valence-corrected chi connectivity index (χ2v) is 6.01. The summed E-state index contributed by atoms with van der Waals surface area (Å²) in [5.41, 5.74) is 0.456. The van der Waals surface area contributed by atoms with Crippen LogP contribution in [0.5, 0.6) is 0 Å². The third-order valence-electron chi connectivity index (χ3n) is 3.41. The van der Waals surface area contributed by atoms with E-state index < -0.39 is 0 Å². The normalized spacial score (nSPS) is 11.2. The molecule has 4 aromatic heterocycles. The number of carbonyl (C=O) groups excluding carboxylic acids is 1. The number of amides is 1. The maximum atomic E-state index is 12.3. The number of nitrogens with one attached hydrogen (secondary N) is 1. The van der Waals surface area contributed by atoms with E-state index in [1.54, 1.807) is 24.4 Å². The van der Waals surface area contributed by atoms with Crippen molar-refractivity contribution >= 4 is 39.1 Å². The molecule has 0 fully saturated rings. The highest BCUT2D eigenvalue weighted by Gasteiger charge is 2.12. The Kier molecular flexibility index (Phi) is 3.31. The molecule has 4 rings (SSSR count). The lowest BCUT2D eigenvalue weighted by molar-refractivity contribution is -0.116. The second-order valence-electron chi connectivity index (χ2n) is 5.12. The van der Waals surface area contributed by atoms with E-state index in [4.69, 9.17) is 0 Å². The first-order chi connectivity index (χ1) is 11.6. The predicted molar refractivity (Wildman–Crippen MR) is 88.0 cm³/mol. The molecule has 0 saturated carbocycles. The van der Waals surface area contributed by atoms with Crippen molar-refractivity contribution in [3.05, 3.63) is 46.2 Å². The highest BCUT2D eigenvalue weighted by molar-refractivity contribution is 7.16. The summed E-state index contributed by atoms with van der Waals surface area (Å²) in [5.74, 6) is 0.470. The van der Waals surface area contributed by atoms with Gasteiger partial charge in [0, 0.05) is 11.8 Å². The molecule has 4 aromatic rings. The van der Waals surface area contributed by atoms with Crippen LogP contribution in [0.2, 0.25) is 0 Å². The molecule has 0 aromatic carbocycles. The van der Waals surface area contributed by atoms with Gasteiger partial charge in [-0.1, -0.05) is 0 Å². The number of hydrogen-bond acceptors (Lipinski definition) is 7. The maximum absolute atomic E-state index is 12.3. The van der Waals surface area contributed by atoms with Gasteiger partial charge in [0.15, 0.2) is 0 Å². The van der Waals surface area contributed by atoms with Crippen LogP contribution in [0.25, 0.3) is 16.0 Å². The van der Waals surface area contributed by atoms with Crippen molar-refractivity contribution in [2.24, 2.45) is 0 Å². The molecule has 0 spiro atoms. The second kappa shape index (κ2) is 5.49. The number of rotatable bonds is 3. The van der Waals surface area contributed by atoms with Gasteiger partial charge in [-0.25, -0.2) is 9.97 Å². The summed E-state index contributed by atoms with van der Waals surface area (Å²) in [6.07, 6.45) is 2.74. The SMILES string of the molecule is Cc1cc(NC(=O)Cn2cnc3sccc3c2=O)n2ncnc2n1. The highest BCUT2D eigenvalue weighted by Crippen LogP contribution is 2.13. The van der Waals surface area contributed by atoms with Crippen LogP contribution >= 0.6 is 11.3 Å². The Morgan fingerprint density at radius 2 is 2.25 bits per heavy atom. The molecule has 0 radical (unpaired) electrons. The zero-order valence-corrected chi connectivity index (χ0v) is 13.3. The van der Waals surface area contributed by atoms with Crippen molar-refractivity contribution in [1.82, 2.24) is 29.1 Å². The van der Waals surface area contributed by atoms with Gasteiger partial charge in [-0.05, 0) is 18.4 Å². The molecular weight excluding hydrogens is 330 g/mol. The molecule has 1 amide bonds. The van der Waals surface area contributed by atoms with Gasteiger partial charge >= 0.3 is 0 Å². The van der Waals surface area contributed by atoms with Gasteiger partial charge in [0.1, 0.15) is 23.5 Å². The van der Waals surface area contributed by atoms with E-state index in [9.17, 15) is 9.59 Å². The zero-order chi connectivity index (χ0) is 16.7. The Bertz CT molecular complexity index is 1130. The van der Waals surface area contributed by atoms with Gasteiger partial charge in [-0.2, -0.15) is 14.6 Å². The molecule has 10 heteroatoms. The van der Waals surface area contributed by atoms with Gasteiger partial charge in [0.05, 0.1) is 11.7 Å². The third kappa shape index (κ3) is 2.42. The van der Waals surface area contributed by atoms with E-state index in [0.717, 1.165) is 0 Å². The summed E-state index contributed by atoms with van der Waals surface area (Å²) >= 11 is 1.39. The number of nitrogens with zero attached hydrogens (tertiary/aromatic N) is 6. The first-order valence-electron chi connectivity index (χ1n) is 7.02. The highest BCUT2D eigenvalue weighted by atomic mass is 32.1. The van der Waals surface area contributed by atoms with Crippen molar-refractivity contribution in [3.8, 4) is 0 Å². The lowest BCUT2D eigenvalue weighted by Crippen LogP contribution is -2.28. The lowest BCUT2D eigenvalue weighted by Gasteiger charge is -2.08. The minimum atomic E-state index is -0.365. The number of thiophene rings is 1. The van der Waals surface area contributed by atoms with Crippen molar-refractivity contribution < 1.29 is 4.79 Å². The first-order valence-corrected chi connectivity index (χ1v) is 7.89. The smallest absolute Gasteiger partial charge is 0.262 e. The minimum absolute atomic E-state index is 0.144. The third-order valence-corrected chi connectivity index (χ3v) is 4.23. The molecule has 0 atom stereocenters. The van der Waals surface area contributed by atoms with Crippen molar-refractivity contribution in [1.29, 1.82) is 0 Å². The molecular formula is C14H11N7O2S. The van der Waals surface area contributed by atoms with E-state index in [2.05, 4.69) is 25.4 Å². The molecule has 0 aliphatic rings. The summed E-state index contributed by atoms with van der Waals surface area (Å²) in [4.78, 5) is 37.7. The molecule has 120 valence electrons.